The molecule has 2 aromatic rings. The zero-order valence-electron chi connectivity index (χ0n) is 17.6. The van der Waals surface area contributed by atoms with Gasteiger partial charge in [0, 0.05) is 26.0 Å². The molecule has 2 aromatic heterocycles. The third-order valence-electron chi connectivity index (χ3n) is 3.66. The van der Waals surface area contributed by atoms with E-state index in [0.717, 1.165) is 22.4 Å². The summed E-state index contributed by atoms with van der Waals surface area (Å²) < 4.78 is 5.09. The van der Waals surface area contributed by atoms with Crippen LogP contribution in [0.4, 0.5) is 5.13 Å². The first-order chi connectivity index (χ1) is 13.3. The third kappa shape index (κ3) is 7.37. The fourth-order valence-electron chi connectivity index (χ4n) is 2.31. The number of nitrogens with one attached hydrogen (secondary N) is 2. The highest BCUT2D eigenvalue weighted by Crippen LogP contribution is 2.24. The average molecular weight is 553 g/mol. The highest BCUT2D eigenvalue weighted by molar-refractivity contribution is 14.0. The summed E-state index contributed by atoms with van der Waals surface area (Å²) in [6.45, 7) is 9.20. The van der Waals surface area contributed by atoms with Crippen LogP contribution in [-0.4, -0.2) is 49.1 Å². The molecular weight excluding hydrogens is 523 g/mol. The maximum absolute atomic E-state index is 12.0. The number of aromatic nitrogens is 2. The van der Waals surface area contributed by atoms with Crippen molar-refractivity contribution in [2.75, 3.05) is 32.1 Å². The van der Waals surface area contributed by atoms with Crippen molar-refractivity contribution in [1.82, 2.24) is 20.6 Å². The van der Waals surface area contributed by atoms with Crippen molar-refractivity contribution in [3.05, 3.63) is 26.7 Å². The summed E-state index contributed by atoms with van der Waals surface area (Å²) in [6.07, 6.45) is 0. The molecule has 8 nitrogen and oxygen atoms in total. The van der Waals surface area contributed by atoms with Gasteiger partial charge in [0.1, 0.15) is 9.88 Å². The molecule has 0 saturated heterocycles. The molecule has 0 aliphatic rings. The van der Waals surface area contributed by atoms with Crippen LogP contribution in [0.2, 0.25) is 0 Å². The second-order valence-corrected chi connectivity index (χ2v) is 8.13. The van der Waals surface area contributed by atoms with E-state index in [2.05, 4.69) is 25.6 Å². The minimum Gasteiger partial charge on any atom is -0.462 e. The summed E-state index contributed by atoms with van der Waals surface area (Å²) in [5, 5.41) is 10.4. The Labute approximate surface area is 197 Å². The molecule has 0 aromatic carbocycles. The smallest absolute Gasteiger partial charge is 0.350 e. The average Bonchev–Trinajstić information content (AvgIpc) is 3.27. The Hall–Kier alpha value is -1.47. The summed E-state index contributed by atoms with van der Waals surface area (Å²) in [7, 11) is 3.94. The van der Waals surface area contributed by atoms with Crippen LogP contribution < -0.4 is 15.5 Å². The number of hydrogen-bond acceptors (Lipinski definition) is 8. The van der Waals surface area contributed by atoms with Gasteiger partial charge in [0.05, 0.1) is 30.6 Å². The van der Waals surface area contributed by atoms with Gasteiger partial charge in [-0.05, 0) is 27.7 Å². The lowest BCUT2D eigenvalue weighted by atomic mass is 10.3. The Kier molecular flexibility index (Phi) is 10.8. The van der Waals surface area contributed by atoms with E-state index in [9.17, 15) is 4.79 Å². The zero-order valence-corrected chi connectivity index (χ0v) is 21.6. The number of carbonyl (C=O) groups is 1. The second kappa shape index (κ2) is 12.3. The number of esters is 1. The van der Waals surface area contributed by atoms with Gasteiger partial charge >= 0.3 is 5.97 Å². The molecule has 1 unspecified atom stereocenters. The van der Waals surface area contributed by atoms with Gasteiger partial charge in [-0.1, -0.05) is 0 Å². The Morgan fingerprint density at radius 2 is 2.07 bits per heavy atom. The van der Waals surface area contributed by atoms with Gasteiger partial charge in [-0.25, -0.2) is 19.8 Å². The molecule has 0 aliphatic heterocycles. The Balaban J connectivity index is 0.00000420. The van der Waals surface area contributed by atoms with Crippen molar-refractivity contribution >= 4 is 63.7 Å². The van der Waals surface area contributed by atoms with Gasteiger partial charge in [-0.15, -0.1) is 46.7 Å². The molecule has 0 amide bonds. The fourth-order valence-corrected chi connectivity index (χ4v) is 4.02. The molecule has 29 heavy (non-hydrogen) atoms. The molecule has 0 spiro atoms. The number of nitrogens with zero attached hydrogens (tertiary/aromatic N) is 4. The number of halogens is 1. The molecule has 1 atom stereocenters. The lowest BCUT2D eigenvalue weighted by molar-refractivity contribution is 0.0531. The van der Waals surface area contributed by atoms with Gasteiger partial charge in [-0.2, -0.15) is 0 Å². The number of carbonyl (C=O) groups excluding carboxylic acids is 1. The first kappa shape index (κ1) is 25.6. The van der Waals surface area contributed by atoms with Gasteiger partial charge in [0.2, 0.25) is 0 Å². The van der Waals surface area contributed by atoms with Crippen molar-refractivity contribution in [2.24, 2.45) is 4.99 Å². The zero-order chi connectivity index (χ0) is 20.7. The Morgan fingerprint density at radius 1 is 1.34 bits per heavy atom. The molecule has 0 saturated carbocycles. The SMILES string of the molecule is CCNC(=NCc1csc(N(C)C)n1)NC(C)c1nc(C)c(C(=O)OCC)s1.I. The van der Waals surface area contributed by atoms with E-state index in [1.807, 2.05) is 45.1 Å². The second-order valence-electron chi connectivity index (χ2n) is 6.26. The molecule has 0 fully saturated rings. The number of aliphatic imine (C=N–C) groups is 1. The number of guanidine groups is 1. The van der Waals surface area contributed by atoms with E-state index < -0.39 is 0 Å². The molecule has 162 valence electrons. The number of anilines is 1. The van der Waals surface area contributed by atoms with Crippen LogP contribution in [0.5, 0.6) is 0 Å². The number of thiazole rings is 2. The van der Waals surface area contributed by atoms with Crippen molar-refractivity contribution in [3.63, 3.8) is 0 Å². The molecule has 2 heterocycles. The van der Waals surface area contributed by atoms with Crippen molar-refractivity contribution < 1.29 is 9.53 Å². The lowest BCUT2D eigenvalue weighted by Gasteiger charge is -2.15. The minimum absolute atomic E-state index is 0. The molecule has 2 rings (SSSR count). The van der Waals surface area contributed by atoms with Crippen molar-refractivity contribution in [2.45, 2.75) is 40.3 Å². The van der Waals surface area contributed by atoms with Crippen LogP contribution in [0.25, 0.3) is 0 Å². The fraction of sp³-hybridized carbons (Fsp3) is 0.556. The molecule has 0 bridgehead atoms. The maximum atomic E-state index is 12.0. The first-order valence-corrected chi connectivity index (χ1v) is 10.9. The van der Waals surface area contributed by atoms with Crippen LogP contribution in [0.15, 0.2) is 10.4 Å². The summed E-state index contributed by atoms with van der Waals surface area (Å²) in [5.41, 5.74) is 1.61. The van der Waals surface area contributed by atoms with Gasteiger partial charge < -0.3 is 20.3 Å². The van der Waals surface area contributed by atoms with Gasteiger partial charge in [0.15, 0.2) is 11.1 Å². The summed E-state index contributed by atoms with van der Waals surface area (Å²) in [4.78, 5) is 28.2. The summed E-state index contributed by atoms with van der Waals surface area (Å²) >= 11 is 2.95. The number of hydrogen-bond donors (Lipinski definition) is 2. The van der Waals surface area contributed by atoms with Crippen LogP contribution in [0, 0.1) is 6.92 Å². The predicted molar refractivity (Wildman–Crippen MR) is 131 cm³/mol. The molecule has 11 heteroatoms. The summed E-state index contributed by atoms with van der Waals surface area (Å²) in [5.74, 6) is 0.358. The highest BCUT2D eigenvalue weighted by Gasteiger charge is 2.20. The molecule has 2 N–H and O–H groups in total. The molecule has 0 aliphatic carbocycles. The van der Waals surface area contributed by atoms with E-state index in [-0.39, 0.29) is 36.0 Å². The number of ether oxygens (including phenoxy) is 1. The quantitative estimate of drug-likeness (QED) is 0.224. The monoisotopic (exact) mass is 552 g/mol. The van der Waals surface area contributed by atoms with Crippen LogP contribution in [0.3, 0.4) is 0 Å². The lowest BCUT2D eigenvalue weighted by Crippen LogP contribution is -2.38. The number of aryl methyl sites for hydroxylation is 1. The van der Waals surface area contributed by atoms with Gasteiger partial charge in [0.25, 0.3) is 0 Å². The van der Waals surface area contributed by atoms with E-state index >= 15 is 0 Å². The van der Waals surface area contributed by atoms with E-state index in [0.29, 0.717) is 29.7 Å². The molecule has 0 radical (unpaired) electrons. The topological polar surface area (TPSA) is 91.7 Å². The summed E-state index contributed by atoms with van der Waals surface area (Å²) in [6, 6.07) is -0.0996. The minimum atomic E-state index is -0.322. The largest absolute Gasteiger partial charge is 0.462 e. The standard InChI is InChI=1S/C18H28N6O2S2.HI/c1-7-19-17(20-9-13-10-27-18(23-13)24(5)6)22-12(4)15-21-11(3)14(28-15)16(25)26-8-2;/h10,12H,7-9H2,1-6H3,(H2,19,20,22);1H. The normalized spacial score (nSPS) is 12.1. The van der Waals surface area contributed by atoms with Crippen molar-refractivity contribution in [3.8, 4) is 0 Å². The van der Waals surface area contributed by atoms with Crippen molar-refractivity contribution in [1.29, 1.82) is 0 Å². The Bertz CT molecular complexity index is 821. The Morgan fingerprint density at radius 3 is 2.66 bits per heavy atom. The van der Waals surface area contributed by atoms with Crippen LogP contribution >= 0.6 is 46.7 Å². The maximum Gasteiger partial charge on any atom is 0.350 e. The number of rotatable bonds is 8. The third-order valence-corrected chi connectivity index (χ3v) is 6.04. The van der Waals surface area contributed by atoms with Crippen LogP contribution in [0.1, 0.15) is 52.9 Å². The van der Waals surface area contributed by atoms with Crippen LogP contribution in [-0.2, 0) is 11.3 Å². The van der Waals surface area contributed by atoms with Gasteiger partial charge in [-0.3, -0.25) is 0 Å². The predicted octanol–water partition coefficient (Wildman–Crippen LogP) is 3.59. The van der Waals surface area contributed by atoms with E-state index in [1.54, 1.807) is 18.3 Å². The highest BCUT2D eigenvalue weighted by atomic mass is 127. The van der Waals surface area contributed by atoms with E-state index in [1.165, 1.54) is 11.3 Å². The molecular formula is C18H29IN6O2S2. The first-order valence-electron chi connectivity index (χ1n) is 9.16. The van der Waals surface area contributed by atoms with E-state index in [4.69, 9.17) is 4.74 Å².